The summed E-state index contributed by atoms with van der Waals surface area (Å²) in [6.07, 6.45) is 5.01. The standard InChI is InChI=1S/C20H29N3O4/c1-3-27-18-16(6-4-10-21-18)19(25)23-11-5-8-20(15-23)9-7-17(24)22(14-20)12-13-26-2/h4,6,10H,3,5,7-9,11-15H2,1-2H3. The molecule has 2 amide bonds. The molecule has 0 saturated carbocycles. The minimum Gasteiger partial charge on any atom is -0.477 e. The monoisotopic (exact) mass is 375 g/mol. The van der Waals surface area contributed by atoms with Gasteiger partial charge in [0.2, 0.25) is 11.8 Å². The predicted octanol–water partition coefficient (Wildman–Crippen LogP) is 1.97. The summed E-state index contributed by atoms with van der Waals surface area (Å²) >= 11 is 0. The Balaban J connectivity index is 1.74. The van der Waals surface area contributed by atoms with Gasteiger partial charge in [-0.3, -0.25) is 9.59 Å². The quantitative estimate of drug-likeness (QED) is 0.760. The molecular formula is C20H29N3O4. The van der Waals surface area contributed by atoms with Crippen molar-refractivity contribution in [2.45, 2.75) is 32.6 Å². The van der Waals surface area contributed by atoms with Gasteiger partial charge in [0.15, 0.2) is 0 Å². The molecule has 7 heteroatoms. The first kappa shape index (κ1) is 19.6. The Morgan fingerprint density at radius 2 is 2.19 bits per heavy atom. The smallest absolute Gasteiger partial charge is 0.259 e. The number of nitrogens with zero attached hydrogens (tertiary/aromatic N) is 3. The first-order valence-corrected chi connectivity index (χ1v) is 9.72. The Morgan fingerprint density at radius 1 is 1.33 bits per heavy atom. The zero-order valence-corrected chi connectivity index (χ0v) is 16.3. The Kier molecular flexibility index (Phi) is 6.31. The lowest BCUT2D eigenvalue weighted by Gasteiger charge is -2.48. The first-order chi connectivity index (χ1) is 13.1. The topological polar surface area (TPSA) is 72.0 Å². The number of piperidine rings is 2. The van der Waals surface area contributed by atoms with E-state index in [0.717, 1.165) is 25.8 Å². The van der Waals surface area contributed by atoms with E-state index in [4.69, 9.17) is 9.47 Å². The van der Waals surface area contributed by atoms with E-state index in [2.05, 4.69) is 4.98 Å². The van der Waals surface area contributed by atoms with Crippen molar-refractivity contribution in [1.29, 1.82) is 0 Å². The van der Waals surface area contributed by atoms with Crippen LogP contribution in [0.5, 0.6) is 5.88 Å². The summed E-state index contributed by atoms with van der Waals surface area (Å²) in [6, 6.07) is 3.54. The molecule has 0 aromatic carbocycles. The fraction of sp³-hybridized carbons (Fsp3) is 0.650. The molecule has 0 aliphatic carbocycles. The highest BCUT2D eigenvalue weighted by Crippen LogP contribution is 2.39. The van der Waals surface area contributed by atoms with Gasteiger partial charge in [0.05, 0.1) is 13.2 Å². The van der Waals surface area contributed by atoms with E-state index in [0.29, 0.717) is 50.7 Å². The van der Waals surface area contributed by atoms with Crippen LogP contribution in [-0.4, -0.2) is 73.1 Å². The molecule has 3 rings (SSSR count). The van der Waals surface area contributed by atoms with Crippen LogP contribution in [0.25, 0.3) is 0 Å². The maximum atomic E-state index is 13.1. The van der Waals surface area contributed by atoms with E-state index in [1.807, 2.05) is 16.7 Å². The number of aromatic nitrogens is 1. The molecule has 1 aromatic heterocycles. The Bertz CT molecular complexity index is 681. The molecule has 7 nitrogen and oxygen atoms in total. The van der Waals surface area contributed by atoms with Gasteiger partial charge in [-0.15, -0.1) is 0 Å². The summed E-state index contributed by atoms with van der Waals surface area (Å²) in [4.78, 5) is 33.4. The van der Waals surface area contributed by atoms with Crippen molar-refractivity contribution < 1.29 is 19.1 Å². The highest BCUT2D eigenvalue weighted by Gasteiger charge is 2.43. The molecule has 3 heterocycles. The van der Waals surface area contributed by atoms with Crippen molar-refractivity contribution in [3.8, 4) is 5.88 Å². The Hall–Kier alpha value is -2.15. The van der Waals surface area contributed by atoms with Crippen molar-refractivity contribution in [2.75, 3.05) is 46.5 Å². The minimum atomic E-state index is -0.0361. The van der Waals surface area contributed by atoms with Crippen LogP contribution in [0.2, 0.25) is 0 Å². The summed E-state index contributed by atoms with van der Waals surface area (Å²) in [5.41, 5.74) is 0.489. The zero-order valence-electron chi connectivity index (χ0n) is 16.3. The molecule has 148 valence electrons. The second kappa shape index (κ2) is 8.69. The summed E-state index contributed by atoms with van der Waals surface area (Å²) in [5.74, 6) is 0.545. The Labute approximate surface area is 160 Å². The van der Waals surface area contributed by atoms with E-state index < -0.39 is 0 Å². The number of hydrogen-bond acceptors (Lipinski definition) is 5. The number of rotatable bonds is 6. The zero-order chi connectivity index (χ0) is 19.3. The second-order valence-electron chi connectivity index (χ2n) is 7.43. The summed E-state index contributed by atoms with van der Waals surface area (Å²) in [5, 5.41) is 0. The fourth-order valence-corrected chi connectivity index (χ4v) is 4.20. The van der Waals surface area contributed by atoms with Crippen LogP contribution in [0, 0.1) is 5.41 Å². The molecule has 1 atom stereocenters. The van der Waals surface area contributed by atoms with Gasteiger partial charge in [0.25, 0.3) is 5.91 Å². The van der Waals surface area contributed by atoms with Gasteiger partial charge in [-0.05, 0) is 38.3 Å². The van der Waals surface area contributed by atoms with E-state index in [-0.39, 0.29) is 17.2 Å². The van der Waals surface area contributed by atoms with Crippen molar-refractivity contribution >= 4 is 11.8 Å². The van der Waals surface area contributed by atoms with Gasteiger partial charge < -0.3 is 19.3 Å². The van der Waals surface area contributed by atoms with Gasteiger partial charge in [0, 0.05) is 51.3 Å². The third-order valence-corrected chi connectivity index (χ3v) is 5.54. The summed E-state index contributed by atoms with van der Waals surface area (Å²) in [7, 11) is 1.65. The lowest BCUT2D eigenvalue weighted by molar-refractivity contribution is -0.139. The molecule has 27 heavy (non-hydrogen) atoms. The number of methoxy groups -OCH3 is 1. The predicted molar refractivity (Wildman–Crippen MR) is 101 cm³/mol. The van der Waals surface area contributed by atoms with Crippen LogP contribution in [0.3, 0.4) is 0 Å². The summed E-state index contributed by atoms with van der Waals surface area (Å²) < 4.78 is 10.7. The normalized spacial score (nSPS) is 23.0. The van der Waals surface area contributed by atoms with E-state index >= 15 is 0 Å². The fourth-order valence-electron chi connectivity index (χ4n) is 4.20. The van der Waals surface area contributed by atoms with Crippen LogP contribution in [0.1, 0.15) is 43.0 Å². The number of ether oxygens (including phenoxy) is 2. The number of hydrogen-bond donors (Lipinski definition) is 0. The van der Waals surface area contributed by atoms with Crippen molar-refractivity contribution in [3.05, 3.63) is 23.9 Å². The number of pyridine rings is 1. The minimum absolute atomic E-state index is 0.0243. The summed E-state index contributed by atoms with van der Waals surface area (Å²) in [6.45, 7) is 5.60. The van der Waals surface area contributed by atoms with Crippen LogP contribution >= 0.6 is 0 Å². The van der Waals surface area contributed by atoms with Gasteiger partial charge in [-0.2, -0.15) is 0 Å². The molecule has 0 radical (unpaired) electrons. The van der Waals surface area contributed by atoms with E-state index in [1.54, 1.807) is 25.4 Å². The third kappa shape index (κ3) is 4.40. The molecule has 2 saturated heterocycles. The van der Waals surface area contributed by atoms with Crippen molar-refractivity contribution in [2.24, 2.45) is 5.41 Å². The number of likely N-dealkylation sites (tertiary alicyclic amines) is 2. The third-order valence-electron chi connectivity index (χ3n) is 5.54. The van der Waals surface area contributed by atoms with Gasteiger partial charge in [-0.1, -0.05) is 0 Å². The molecule has 1 aromatic rings. The lowest BCUT2D eigenvalue weighted by atomic mass is 9.73. The largest absolute Gasteiger partial charge is 0.477 e. The van der Waals surface area contributed by atoms with Crippen LogP contribution in [0.15, 0.2) is 18.3 Å². The van der Waals surface area contributed by atoms with Crippen LogP contribution in [0.4, 0.5) is 0 Å². The SMILES string of the molecule is CCOc1ncccc1C(=O)N1CCCC2(CCC(=O)N(CCOC)C2)C1. The average molecular weight is 375 g/mol. The van der Waals surface area contributed by atoms with E-state index in [1.165, 1.54) is 0 Å². The molecule has 0 N–H and O–H groups in total. The highest BCUT2D eigenvalue weighted by atomic mass is 16.5. The van der Waals surface area contributed by atoms with Crippen LogP contribution < -0.4 is 4.74 Å². The van der Waals surface area contributed by atoms with E-state index in [9.17, 15) is 9.59 Å². The highest BCUT2D eigenvalue weighted by molar-refractivity contribution is 5.96. The average Bonchev–Trinajstić information content (AvgIpc) is 2.69. The van der Waals surface area contributed by atoms with Crippen molar-refractivity contribution in [1.82, 2.24) is 14.8 Å². The maximum absolute atomic E-state index is 13.1. The molecule has 1 unspecified atom stereocenters. The van der Waals surface area contributed by atoms with Gasteiger partial charge in [-0.25, -0.2) is 4.98 Å². The Morgan fingerprint density at radius 3 is 2.96 bits per heavy atom. The van der Waals surface area contributed by atoms with Crippen molar-refractivity contribution in [3.63, 3.8) is 0 Å². The molecule has 1 spiro atoms. The first-order valence-electron chi connectivity index (χ1n) is 9.72. The number of amides is 2. The molecule has 0 bridgehead atoms. The number of carbonyl (C=O) groups excluding carboxylic acids is 2. The van der Waals surface area contributed by atoms with Gasteiger partial charge >= 0.3 is 0 Å². The number of carbonyl (C=O) groups is 2. The molecule has 2 aliphatic heterocycles. The second-order valence-corrected chi connectivity index (χ2v) is 7.43. The van der Waals surface area contributed by atoms with Crippen LogP contribution in [-0.2, 0) is 9.53 Å². The lowest BCUT2D eigenvalue weighted by Crippen LogP contribution is -2.55. The molecule has 2 fully saturated rings. The molecule has 2 aliphatic rings. The van der Waals surface area contributed by atoms with Gasteiger partial charge in [0.1, 0.15) is 5.56 Å². The maximum Gasteiger partial charge on any atom is 0.259 e. The molecular weight excluding hydrogens is 346 g/mol.